The first-order chi connectivity index (χ1) is 18.5. The maximum Gasteiger partial charge on any atom is 0.246 e. The summed E-state index contributed by atoms with van der Waals surface area (Å²) >= 11 is 0. The molecule has 0 spiro atoms. The zero-order valence-corrected chi connectivity index (χ0v) is 22.8. The summed E-state index contributed by atoms with van der Waals surface area (Å²) in [5.41, 5.74) is 2.48. The molecular formula is C29H43N5O4. The predicted octanol–water partition coefficient (Wildman–Crippen LogP) is 1.37. The first kappa shape index (κ1) is 27.1. The van der Waals surface area contributed by atoms with Crippen molar-refractivity contribution in [1.29, 1.82) is 0 Å². The summed E-state index contributed by atoms with van der Waals surface area (Å²) in [4.78, 5) is 45.3. The smallest absolute Gasteiger partial charge is 0.246 e. The van der Waals surface area contributed by atoms with Crippen LogP contribution in [0.4, 0.5) is 0 Å². The van der Waals surface area contributed by atoms with Gasteiger partial charge in [0.05, 0.1) is 12.1 Å². The zero-order valence-electron chi connectivity index (χ0n) is 22.8. The summed E-state index contributed by atoms with van der Waals surface area (Å²) in [6.07, 6.45) is 6.50. The van der Waals surface area contributed by atoms with Crippen molar-refractivity contribution < 1.29 is 19.1 Å². The molecule has 9 nitrogen and oxygen atoms in total. The van der Waals surface area contributed by atoms with Crippen LogP contribution < -0.4 is 16.0 Å². The average Bonchev–Trinajstić information content (AvgIpc) is 3.42. The first-order valence-corrected chi connectivity index (χ1v) is 14.4. The van der Waals surface area contributed by atoms with Crippen LogP contribution in [0.5, 0.6) is 0 Å². The highest BCUT2D eigenvalue weighted by molar-refractivity contribution is 5.93. The maximum atomic E-state index is 14.3. The second-order valence-electron chi connectivity index (χ2n) is 11.4. The number of piperazine rings is 1. The van der Waals surface area contributed by atoms with E-state index < -0.39 is 18.1 Å². The van der Waals surface area contributed by atoms with E-state index in [1.54, 1.807) is 18.9 Å². The number of ether oxygens (including phenoxy) is 1. The van der Waals surface area contributed by atoms with Crippen LogP contribution in [0.1, 0.15) is 62.6 Å². The summed E-state index contributed by atoms with van der Waals surface area (Å²) in [5.74, 6) is -0.438. The largest absolute Gasteiger partial charge is 0.381 e. The lowest BCUT2D eigenvalue weighted by Crippen LogP contribution is -2.66. The van der Waals surface area contributed by atoms with E-state index in [1.807, 2.05) is 6.07 Å². The summed E-state index contributed by atoms with van der Waals surface area (Å²) < 4.78 is 5.56. The lowest BCUT2D eigenvalue weighted by molar-refractivity contribution is -0.150. The van der Waals surface area contributed by atoms with Crippen molar-refractivity contribution in [3.8, 4) is 0 Å². The average molecular weight is 526 g/mol. The molecule has 3 amide bonds. The monoisotopic (exact) mass is 525 g/mol. The Kier molecular flexibility index (Phi) is 8.65. The van der Waals surface area contributed by atoms with E-state index in [2.05, 4.69) is 39.0 Å². The van der Waals surface area contributed by atoms with Crippen LogP contribution in [0.2, 0.25) is 0 Å². The Hall–Kier alpha value is -2.49. The third-order valence-corrected chi connectivity index (χ3v) is 9.09. The Morgan fingerprint density at radius 3 is 2.61 bits per heavy atom. The van der Waals surface area contributed by atoms with E-state index in [-0.39, 0.29) is 35.7 Å². The van der Waals surface area contributed by atoms with Gasteiger partial charge in [0.15, 0.2) is 0 Å². The molecule has 1 aromatic carbocycles. The first-order valence-electron chi connectivity index (χ1n) is 14.4. The maximum absolute atomic E-state index is 14.3. The van der Waals surface area contributed by atoms with Crippen LogP contribution in [-0.4, -0.2) is 91.6 Å². The molecule has 208 valence electrons. The fourth-order valence-corrected chi connectivity index (χ4v) is 6.68. The van der Waals surface area contributed by atoms with Gasteiger partial charge in [-0.1, -0.05) is 24.3 Å². The lowest BCUT2D eigenvalue weighted by atomic mass is 9.87. The molecule has 0 saturated carbocycles. The van der Waals surface area contributed by atoms with Crippen molar-refractivity contribution in [2.45, 2.75) is 82.1 Å². The van der Waals surface area contributed by atoms with Gasteiger partial charge in [0.1, 0.15) is 12.1 Å². The number of rotatable bonds is 7. The molecule has 1 aromatic rings. The Bertz CT molecular complexity index is 1010. The summed E-state index contributed by atoms with van der Waals surface area (Å²) in [6.45, 7) is 4.97. The van der Waals surface area contributed by atoms with Gasteiger partial charge in [-0.2, -0.15) is 0 Å². The fraction of sp³-hybridized carbons (Fsp3) is 0.690. The van der Waals surface area contributed by atoms with Crippen LogP contribution >= 0.6 is 0 Å². The normalized spacial score (nSPS) is 27.6. The van der Waals surface area contributed by atoms with Crippen molar-refractivity contribution >= 4 is 17.7 Å². The van der Waals surface area contributed by atoms with Gasteiger partial charge in [-0.05, 0) is 82.5 Å². The van der Waals surface area contributed by atoms with Crippen LogP contribution in [0.3, 0.4) is 0 Å². The van der Waals surface area contributed by atoms with Gasteiger partial charge in [-0.25, -0.2) is 0 Å². The highest BCUT2D eigenvalue weighted by Crippen LogP contribution is 2.31. The van der Waals surface area contributed by atoms with Crippen molar-refractivity contribution in [1.82, 2.24) is 25.8 Å². The number of nitrogens with zero attached hydrogens (tertiary/aromatic N) is 2. The number of hydrogen-bond donors (Lipinski definition) is 3. The molecule has 9 heteroatoms. The van der Waals surface area contributed by atoms with Crippen LogP contribution in [0.25, 0.3) is 0 Å². The van der Waals surface area contributed by atoms with Gasteiger partial charge in [0.25, 0.3) is 0 Å². The number of aryl methyl sites for hydroxylation is 1. The minimum absolute atomic E-state index is 0.0141. The number of fused-ring (bicyclic) bond motifs is 2. The summed E-state index contributed by atoms with van der Waals surface area (Å²) in [6, 6.07) is 6.91. The van der Waals surface area contributed by atoms with Gasteiger partial charge in [-0.15, -0.1) is 0 Å². The third-order valence-electron chi connectivity index (χ3n) is 9.09. The van der Waals surface area contributed by atoms with Crippen molar-refractivity contribution in [3.63, 3.8) is 0 Å². The van der Waals surface area contributed by atoms with E-state index in [1.165, 1.54) is 11.1 Å². The van der Waals surface area contributed by atoms with Gasteiger partial charge in [-0.3, -0.25) is 19.3 Å². The van der Waals surface area contributed by atoms with E-state index in [0.717, 1.165) is 38.6 Å². The molecule has 38 heavy (non-hydrogen) atoms. The fourth-order valence-electron chi connectivity index (χ4n) is 6.68. The molecule has 3 aliphatic heterocycles. The summed E-state index contributed by atoms with van der Waals surface area (Å²) in [7, 11) is 1.73. The van der Waals surface area contributed by atoms with E-state index in [4.69, 9.17) is 4.74 Å². The number of carbonyl (C=O) groups excluding carboxylic acids is 3. The van der Waals surface area contributed by atoms with Crippen LogP contribution in [-0.2, 0) is 25.5 Å². The van der Waals surface area contributed by atoms with Crippen molar-refractivity contribution in [2.75, 3.05) is 39.9 Å². The standard InChI is InChI=1S/C29H43N5O4/c1-19(30-2)27(35)32-26(21-12-15-38-16-13-21)29(37)34-17-22-9-6-14-33(22)18-25(34)28(36)31-24-11-5-8-20-7-3-4-10-23(20)24/h3-4,7,10,19,21-22,24-26,30H,5-6,8-9,11-18H2,1-2H3,(H,31,36)(H,32,35)/t19-,22-,24+,25-,26-/m0/s1. The molecule has 3 heterocycles. The molecule has 0 bridgehead atoms. The van der Waals surface area contributed by atoms with Gasteiger partial charge in [0, 0.05) is 32.3 Å². The minimum Gasteiger partial charge on any atom is -0.381 e. The highest BCUT2D eigenvalue weighted by Gasteiger charge is 2.45. The Labute approximate surface area is 226 Å². The highest BCUT2D eigenvalue weighted by atomic mass is 16.5. The van der Waals surface area contributed by atoms with E-state index >= 15 is 0 Å². The molecule has 3 saturated heterocycles. The quantitative estimate of drug-likeness (QED) is 0.497. The number of amides is 3. The minimum atomic E-state index is -0.666. The van der Waals surface area contributed by atoms with Gasteiger partial charge in [0.2, 0.25) is 17.7 Å². The summed E-state index contributed by atoms with van der Waals surface area (Å²) in [5, 5.41) is 9.34. The second-order valence-corrected chi connectivity index (χ2v) is 11.4. The van der Waals surface area contributed by atoms with Gasteiger partial charge >= 0.3 is 0 Å². The molecule has 0 unspecified atom stereocenters. The van der Waals surface area contributed by atoms with Crippen LogP contribution in [0, 0.1) is 5.92 Å². The second kappa shape index (κ2) is 12.1. The zero-order chi connectivity index (χ0) is 26.6. The Morgan fingerprint density at radius 1 is 1.03 bits per heavy atom. The molecule has 3 fully saturated rings. The number of nitrogens with one attached hydrogen (secondary N) is 3. The van der Waals surface area contributed by atoms with Crippen molar-refractivity contribution in [3.05, 3.63) is 35.4 Å². The lowest BCUT2D eigenvalue weighted by Gasteiger charge is -2.45. The number of carbonyl (C=O) groups is 3. The van der Waals surface area contributed by atoms with E-state index in [0.29, 0.717) is 39.1 Å². The molecule has 4 aliphatic rings. The number of benzene rings is 1. The van der Waals surface area contributed by atoms with Gasteiger partial charge < -0.3 is 25.6 Å². The topological polar surface area (TPSA) is 103 Å². The molecule has 5 atom stereocenters. The van der Waals surface area contributed by atoms with Crippen LogP contribution in [0.15, 0.2) is 24.3 Å². The Balaban J connectivity index is 1.38. The van der Waals surface area contributed by atoms with Crippen molar-refractivity contribution in [2.24, 2.45) is 5.92 Å². The molecule has 0 radical (unpaired) electrons. The predicted molar refractivity (Wildman–Crippen MR) is 144 cm³/mol. The number of hydrogen-bond acceptors (Lipinski definition) is 6. The molecular weight excluding hydrogens is 482 g/mol. The molecule has 0 aromatic heterocycles. The third kappa shape index (κ3) is 5.75. The Morgan fingerprint density at radius 2 is 1.82 bits per heavy atom. The van der Waals surface area contributed by atoms with E-state index in [9.17, 15) is 14.4 Å². The number of likely N-dealkylation sites (N-methyl/N-ethyl adjacent to an activating group) is 1. The molecule has 1 aliphatic carbocycles. The molecule has 3 N–H and O–H groups in total. The SMILES string of the molecule is CN[C@@H](C)C(=O)N[C@H](C(=O)N1C[C@@H]2CCCN2C[C@H]1C(=O)N[C@@H]1CCCc2ccccc21)C1CCOCC1. The molecule has 5 rings (SSSR count).